The number of carbonyl (C=O) groups is 2. The van der Waals surface area contributed by atoms with Gasteiger partial charge in [0.1, 0.15) is 11.5 Å². The van der Waals surface area contributed by atoms with Crippen molar-refractivity contribution in [3.8, 4) is 11.5 Å². The van der Waals surface area contributed by atoms with Gasteiger partial charge in [0.25, 0.3) is 0 Å². The largest absolute Gasteiger partial charge is 0.494 e. The van der Waals surface area contributed by atoms with Crippen molar-refractivity contribution in [1.29, 1.82) is 0 Å². The molecule has 0 fully saturated rings. The molecular formula is C26H35BO6. The van der Waals surface area contributed by atoms with Crippen LogP contribution in [-0.2, 0) is 9.53 Å². The van der Waals surface area contributed by atoms with Gasteiger partial charge in [0.15, 0.2) is 0 Å². The zero-order valence-corrected chi connectivity index (χ0v) is 20.1. The predicted octanol–water partition coefficient (Wildman–Crippen LogP) is 3.90. The fraction of sp³-hybridized carbons (Fsp3) is 0.462. The van der Waals surface area contributed by atoms with Gasteiger partial charge in [-0.3, -0.25) is 4.79 Å². The Morgan fingerprint density at radius 1 is 0.879 bits per heavy atom. The van der Waals surface area contributed by atoms with Gasteiger partial charge in [0, 0.05) is 0 Å². The summed E-state index contributed by atoms with van der Waals surface area (Å²) >= 11 is 0. The molecular weight excluding hydrogens is 419 g/mol. The van der Waals surface area contributed by atoms with Crippen LogP contribution in [0.5, 0.6) is 11.5 Å². The summed E-state index contributed by atoms with van der Waals surface area (Å²) in [5, 5.41) is 9.06. The molecule has 6 nitrogen and oxygen atoms in total. The molecule has 2 aromatic carbocycles. The molecule has 7 heteroatoms. The van der Waals surface area contributed by atoms with Crippen molar-refractivity contribution in [3.63, 3.8) is 0 Å². The topological polar surface area (TPSA) is 82.1 Å². The van der Waals surface area contributed by atoms with Crippen LogP contribution in [-0.4, -0.2) is 37.7 Å². The van der Waals surface area contributed by atoms with Gasteiger partial charge in [-0.25, -0.2) is 4.79 Å². The second kappa shape index (κ2) is 13.7. The highest BCUT2D eigenvalue weighted by molar-refractivity contribution is 6.45. The average Bonchev–Trinajstić information content (AvgIpc) is 2.80. The first kappa shape index (κ1) is 26.5. The van der Waals surface area contributed by atoms with Crippen molar-refractivity contribution < 1.29 is 28.8 Å². The van der Waals surface area contributed by atoms with Crippen LogP contribution < -0.4 is 14.9 Å². The van der Waals surface area contributed by atoms with E-state index in [2.05, 4.69) is 27.7 Å². The van der Waals surface area contributed by atoms with Crippen molar-refractivity contribution in [2.24, 2.45) is 17.8 Å². The number of carbonyl (C=O) groups excluding carboxylic acids is 2. The Morgan fingerprint density at radius 3 is 2.06 bits per heavy atom. The van der Waals surface area contributed by atoms with Gasteiger partial charge in [0.2, 0.25) is 0 Å². The average molecular weight is 454 g/mol. The first-order valence-corrected chi connectivity index (χ1v) is 11.6. The van der Waals surface area contributed by atoms with Gasteiger partial charge < -0.3 is 19.2 Å². The second-order valence-corrected chi connectivity index (χ2v) is 8.92. The SMILES string of the molecule is CC(C)CC(C(=O)OCCCCOc1ccc(C(=O)Oc2ccc(BO)cc2)cc1)C(C)C. The molecule has 1 atom stereocenters. The molecule has 0 spiro atoms. The molecule has 178 valence electrons. The van der Waals surface area contributed by atoms with E-state index in [0.717, 1.165) is 24.7 Å². The Morgan fingerprint density at radius 2 is 1.48 bits per heavy atom. The lowest BCUT2D eigenvalue weighted by Crippen LogP contribution is -2.24. The smallest absolute Gasteiger partial charge is 0.343 e. The third-order valence-corrected chi connectivity index (χ3v) is 5.29. The highest BCUT2D eigenvalue weighted by Crippen LogP contribution is 2.22. The van der Waals surface area contributed by atoms with Crippen LogP contribution in [0.4, 0.5) is 0 Å². The number of esters is 2. The molecule has 33 heavy (non-hydrogen) atoms. The lowest BCUT2D eigenvalue weighted by atomic mass is 9.88. The minimum absolute atomic E-state index is 0.0497. The minimum Gasteiger partial charge on any atom is -0.494 e. The maximum absolute atomic E-state index is 12.3. The van der Waals surface area contributed by atoms with Gasteiger partial charge in [-0.05, 0) is 67.5 Å². The Balaban J connectivity index is 1.68. The van der Waals surface area contributed by atoms with Crippen LogP contribution in [0.25, 0.3) is 0 Å². The normalized spacial score (nSPS) is 11.8. The summed E-state index contributed by atoms with van der Waals surface area (Å²) in [6.07, 6.45) is 2.34. The Bertz CT molecular complexity index is 861. The molecule has 2 rings (SSSR count). The van der Waals surface area contributed by atoms with Crippen LogP contribution >= 0.6 is 0 Å². The highest BCUT2D eigenvalue weighted by Gasteiger charge is 2.24. The van der Waals surface area contributed by atoms with Gasteiger partial charge in [-0.1, -0.05) is 45.3 Å². The molecule has 0 aliphatic carbocycles. The zero-order valence-electron chi connectivity index (χ0n) is 20.1. The summed E-state index contributed by atoms with van der Waals surface area (Å²) in [7, 11) is -0.0578. The highest BCUT2D eigenvalue weighted by atomic mass is 16.5. The van der Waals surface area contributed by atoms with Gasteiger partial charge in [-0.15, -0.1) is 0 Å². The zero-order chi connectivity index (χ0) is 24.2. The van der Waals surface area contributed by atoms with Crippen molar-refractivity contribution in [2.75, 3.05) is 13.2 Å². The van der Waals surface area contributed by atoms with Crippen molar-refractivity contribution in [2.45, 2.75) is 47.0 Å². The predicted molar refractivity (Wildman–Crippen MR) is 130 cm³/mol. The molecule has 0 saturated heterocycles. The molecule has 0 heterocycles. The third-order valence-electron chi connectivity index (χ3n) is 5.29. The Labute approximate surface area is 197 Å². The van der Waals surface area contributed by atoms with E-state index in [9.17, 15) is 9.59 Å². The van der Waals surface area contributed by atoms with E-state index >= 15 is 0 Å². The van der Waals surface area contributed by atoms with E-state index in [4.69, 9.17) is 19.2 Å². The lowest BCUT2D eigenvalue weighted by Gasteiger charge is -2.21. The summed E-state index contributed by atoms with van der Waals surface area (Å²) in [4.78, 5) is 24.6. The van der Waals surface area contributed by atoms with E-state index < -0.39 is 5.97 Å². The molecule has 0 radical (unpaired) electrons. The molecule has 0 aliphatic heterocycles. The molecule has 0 bridgehead atoms. The van der Waals surface area contributed by atoms with Gasteiger partial charge in [-0.2, -0.15) is 0 Å². The minimum atomic E-state index is -0.461. The van der Waals surface area contributed by atoms with Gasteiger partial charge >= 0.3 is 19.4 Å². The molecule has 0 aliphatic rings. The first-order chi connectivity index (χ1) is 15.8. The Hall–Kier alpha value is -2.80. The molecule has 0 aromatic heterocycles. The molecule has 2 aromatic rings. The number of hydrogen-bond donors (Lipinski definition) is 1. The fourth-order valence-corrected chi connectivity index (χ4v) is 3.34. The summed E-state index contributed by atoms with van der Waals surface area (Å²) in [6, 6.07) is 13.5. The number of ether oxygens (including phenoxy) is 3. The van der Waals surface area contributed by atoms with E-state index in [1.165, 1.54) is 0 Å². The van der Waals surface area contributed by atoms with E-state index in [-0.39, 0.29) is 25.3 Å². The van der Waals surface area contributed by atoms with Crippen LogP contribution in [0.15, 0.2) is 48.5 Å². The standard InChI is InChI=1S/C26H35BO6/c1-18(2)17-24(19(3)4)26(29)32-16-6-5-15-31-22-11-7-20(8-12-22)25(28)33-23-13-9-21(27-30)10-14-23/h7-14,18-19,24,27,30H,5-6,15-17H2,1-4H3. The summed E-state index contributed by atoms with van der Waals surface area (Å²) in [6.45, 7) is 9.25. The van der Waals surface area contributed by atoms with E-state index in [1.807, 2.05) is 0 Å². The number of benzene rings is 2. The molecule has 0 saturated carbocycles. The third kappa shape index (κ3) is 9.30. The number of hydrogen-bond acceptors (Lipinski definition) is 6. The summed E-state index contributed by atoms with van der Waals surface area (Å²) in [5.74, 6) is 1.20. The monoisotopic (exact) mass is 454 g/mol. The van der Waals surface area contributed by atoms with Crippen LogP contribution in [0.2, 0.25) is 0 Å². The van der Waals surface area contributed by atoms with Gasteiger partial charge in [0.05, 0.1) is 24.7 Å². The summed E-state index contributed by atoms with van der Waals surface area (Å²) < 4.78 is 16.5. The van der Waals surface area contributed by atoms with Crippen LogP contribution in [0.1, 0.15) is 57.3 Å². The lowest BCUT2D eigenvalue weighted by molar-refractivity contribution is -0.151. The quantitative estimate of drug-likeness (QED) is 0.214. The van der Waals surface area contributed by atoms with Crippen LogP contribution in [0, 0.1) is 17.8 Å². The molecule has 1 N–H and O–H groups in total. The molecule has 0 amide bonds. The maximum Gasteiger partial charge on any atom is 0.343 e. The van der Waals surface area contributed by atoms with E-state index in [0.29, 0.717) is 36.2 Å². The van der Waals surface area contributed by atoms with E-state index in [1.54, 1.807) is 48.5 Å². The van der Waals surface area contributed by atoms with Crippen molar-refractivity contribution in [3.05, 3.63) is 54.1 Å². The molecule has 1 unspecified atom stereocenters. The first-order valence-electron chi connectivity index (χ1n) is 11.6. The Kier molecular flexibility index (Phi) is 11.0. The van der Waals surface area contributed by atoms with Crippen molar-refractivity contribution in [1.82, 2.24) is 0 Å². The second-order valence-electron chi connectivity index (χ2n) is 8.92. The van der Waals surface area contributed by atoms with Crippen LogP contribution in [0.3, 0.4) is 0 Å². The fourth-order valence-electron chi connectivity index (χ4n) is 3.34. The number of rotatable bonds is 13. The maximum atomic E-state index is 12.3. The summed E-state index contributed by atoms with van der Waals surface area (Å²) in [5.41, 5.74) is 1.17. The van der Waals surface area contributed by atoms with Crippen molar-refractivity contribution >= 4 is 24.9 Å². The number of unbranched alkanes of at least 4 members (excludes halogenated alkanes) is 1.